The van der Waals surface area contributed by atoms with Gasteiger partial charge < -0.3 is 10.1 Å². The van der Waals surface area contributed by atoms with Crippen LogP contribution in [-0.4, -0.2) is 30.1 Å². The highest BCUT2D eigenvalue weighted by Gasteiger charge is 2.08. The molecule has 1 amide bonds. The standard InChI is InChI=1S/C11H15NO3S/c1-15-8-7-11(13)12-9-5-3-4-6-10(9)16(2)14/h3-6H,7-8H2,1-2H3,(H,12,13)/t16-/m0/s1. The smallest absolute Gasteiger partial charge is 0.226 e. The molecule has 0 spiro atoms. The molecule has 0 radical (unpaired) electrons. The Morgan fingerprint density at radius 3 is 2.75 bits per heavy atom. The first kappa shape index (κ1) is 12.9. The lowest BCUT2D eigenvalue weighted by Gasteiger charge is -2.08. The second-order valence-corrected chi connectivity index (χ2v) is 4.59. The third-order valence-electron chi connectivity index (χ3n) is 2.00. The lowest BCUT2D eigenvalue weighted by atomic mass is 10.3. The van der Waals surface area contributed by atoms with Crippen LogP contribution in [0.4, 0.5) is 5.69 Å². The van der Waals surface area contributed by atoms with Gasteiger partial charge in [-0.3, -0.25) is 9.00 Å². The summed E-state index contributed by atoms with van der Waals surface area (Å²) in [6.07, 6.45) is 1.88. The van der Waals surface area contributed by atoms with Gasteiger partial charge in [-0.25, -0.2) is 0 Å². The Labute approximate surface area is 97.5 Å². The molecule has 1 aromatic rings. The molecule has 0 aliphatic heterocycles. The molecule has 5 heteroatoms. The third kappa shape index (κ3) is 3.75. The van der Waals surface area contributed by atoms with Crippen LogP contribution >= 0.6 is 0 Å². The number of nitrogens with one attached hydrogen (secondary N) is 1. The quantitative estimate of drug-likeness (QED) is 0.847. The summed E-state index contributed by atoms with van der Waals surface area (Å²) in [6.45, 7) is 0.378. The van der Waals surface area contributed by atoms with Gasteiger partial charge in [0, 0.05) is 13.4 Å². The minimum Gasteiger partial charge on any atom is -0.384 e. The van der Waals surface area contributed by atoms with Crippen LogP contribution in [0.5, 0.6) is 0 Å². The first-order valence-corrected chi connectivity index (χ1v) is 6.42. The summed E-state index contributed by atoms with van der Waals surface area (Å²) in [7, 11) is 0.435. The number of hydrogen-bond donors (Lipinski definition) is 1. The Morgan fingerprint density at radius 1 is 1.44 bits per heavy atom. The number of hydrogen-bond acceptors (Lipinski definition) is 3. The van der Waals surface area contributed by atoms with E-state index in [1.54, 1.807) is 37.6 Å². The van der Waals surface area contributed by atoms with Crippen molar-refractivity contribution in [1.29, 1.82) is 0 Å². The average molecular weight is 241 g/mol. The van der Waals surface area contributed by atoms with Crippen molar-refractivity contribution in [2.45, 2.75) is 11.3 Å². The van der Waals surface area contributed by atoms with E-state index in [1.807, 2.05) is 0 Å². The van der Waals surface area contributed by atoms with Gasteiger partial charge in [-0.15, -0.1) is 0 Å². The zero-order valence-electron chi connectivity index (χ0n) is 9.36. The van der Waals surface area contributed by atoms with Gasteiger partial charge in [0.1, 0.15) is 0 Å². The van der Waals surface area contributed by atoms with Crippen LogP contribution in [0, 0.1) is 0 Å². The van der Waals surface area contributed by atoms with E-state index in [1.165, 1.54) is 0 Å². The molecule has 0 aliphatic rings. The maximum absolute atomic E-state index is 11.5. The van der Waals surface area contributed by atoms with Gasteiger partial charge in [-0.05, 0) is 12.1 Å². The number of ether oxygens (including phenoxy) is 1. The fourth-order valence-corrected chi connectivity index (χ4v) is 1.93. The predicted molar refractivity (Wildman–Crippen MR) is 63.9 cm³/mol. The van der Waals surface area contributed by atoms with Crippen molar-refractivity contribution < 1.29 is 13.7 Å². The molecular weight excluding hydrogens is 226 g/mol. The van der Waals surface area contributed by atoms with Crippen molar-refractivity contribution in [2.24, 2.45) is 0 Å². The van der Waals surface area contributed by atoms with E-state index in [0.717, 1.165) is 0 Å². The highest BCUT2D eigenvalue weighted by Crippen LogP contribution is 2.18. The first-order valence-electron chi connectivity index (χ1n) is 4.86. The van der Waals surface area contributed by atoms with Crippen LogP contribution < -0.4 is 5.32 Å². The van der Waals surface area contributed by atoms with Crippen molar-refractivity contribution in [3.63, 3.8) is 0 Å². The molecule has 0 bridgehead atoms. The van der Waals surface area contributed by atoms with Crippen LogP contribution in [-0.2, 0) is 20.3 Å². The fraction of sp³-hybridized carbons (Fsp3) is 0.364. The summed E-state index contributed by atoms with van der Waals surface area (Å²) in [4.78, 5) is 12.1. The number of amides is 1. The summed E-state index contributed by atoms with van der Waals surface area (Å²) in [6, 6.07) is 7.06. The van der Waals surface area contributed by atoms with Crippen molar-refractivity contribution >= 4 is 22.4 Å². The Hall–Kier alpha value is -1.20. The molecule has 0 aromatic heterocycles. The number of methoxy groups -OCH3 is 1. The van der Waals surface area contributed by atoms with E-state index in [-0.39, 0.29) is 5.91 Å². The molecule has 1 aromatic carbocycles. The zero-order valence-corrected chi connectivity index (χ0v) is 10.2. The number of rotatable bonds is 5. The number of anilines is 1. The van der Waals surface area contributed by atoms with E-state index in [9.17, 15) is 9.00 Å². The lowest BCUT2D eigenvalue weighted by molar-refractivity contribution is -0.117. The van der Waals surface area contributed by atoms with Gasteiger partial charge in [0.15, 0.2) is 0 Å². The number of para-hydroxylation sites is 1. The molecular formula is C11H15NO3S. The molecule has 1 rings (SSSR count). The second-order valence-electron chi connectivity index (χ2n) is 3.24. The van der Waals surface area contributed by atoms with Crippen molar-refractivity contribution in [1.82, 2.24) is 0 Å². The maximum atomic E-state index is 11.5. The first-order chi connectivity index (χ1) is 7.65. The van der Waals surface area contributed by atoms with Crippen LogP contribution in [0.3, 0.4) is 0 Å². The molecule has 1 N–H and O–H groups in total. The van der Waals surface area contributed by atoms with Gasteiger partial charge in [0.25, 0.3) is 0 Å². The summed E-state index contributed by atoms with van der Waals surface area (Å²) in [5, 5.41) is 2.71. The molecule has 16 heavy (non-hydrogen) atoms. The summed E-state index contributed by atoms with van der Waals surface area (Å²) < 4.78 is 16.2. The van der Waals surface area contributed by atoms with Crippen LogP contribution in [0.25, 0.3) is 0 Å². The normalized spacial score (nSPS) is 12.1. The van der Waals surface area contributed by atoms with E-state index < -0.39 is 10.8 Å². The van der Waals surface area contributed by atoms with E-state index in [4.69, 9.17) is 4.74 Å². The Bertz CT molecular complexity index is 393. The highest BCUT2D eigenvalue weighted by molar-refractivity contribution is 7.84. The van der Waals surface area contributed by atoms with Gasteiger partial charge in [-0.2, -0.15) is 0 Å². The molecule has 0 fully saturated rings. The van der Waals surface area contributed by atoms with Gasteiger partial charge in [-0.1, -0.05) is 12.1 Å². The molecule has 4 nitrogen and oxygen atoms in total. The topological polar surface area (TPSA) is 55.4 Å². The number of benzene rings is 1. The van der Waals surface area contributed by atoms with Gasteiger partial charge in [0.05, 0.1) is 34.4 Å². The molecule has 88 valence electrons. The Balaban J connectivity index is 2.73. The molecule has 0 unspecified atom stereocenters. The molecule has 0 aliphatic carbocycles. The fourth-order valence-electron chi connectivity index (χ4n) is 1.23. The SMILES string of the molecule is COCCC(=O)Nc1ccccc1[S@](C)=O. The largest absolute Gasteiger partial charge is 0.384 e. The second kappa shape index (κ2) is 6.40. The molecule has 1 atom stereocenters. The highest BCUT2D eigenvalue weighted by atomic mass is 32.2. The van der Waals surface area contributed by atoms with E-state index in [0.29, 0.717) is 23.6 Å². The number of carbonyl (C=O) groups excluding carboxylic acids is 1. The summed E-state index contributed by atoms with van der Waals surface area (Å²) in [5.41, 5.74) is 0.601. The van der Waals surface area contributed by atoms with Crippen LogP contribution in [0.15, 0.2) is 29.2 Å². The third-order valence-corrected chi connectivity index (χ3v) is 2.98. The minimum absolute atomic E-state index is 0.139. The molecule has 0 heterocycles. The number of carbonyl (C=O) groups is 1. The Kier molecular flexibility index (Phi) is 5.14. The monoisotopic (exact) mass is 241 g/mol. The van der Waals surface area contributed by atoms with Crippen LogP contribution in [0.1, 0.15) is 6.42 Å². The lowest BCUT2D eigenvalue weighted by Crippen LogP contribution is -2.14. The predicted octanol–water partition coefficient (Wildman–Crippen LogP) is 1.40. The summed E-state index contributed by atoms with van der Waals surface area (Å²) in [5.74, 6) is -0.139. The van der Waals surface area contributed by atoms with Crippen LogP contribution in [0.2, 0.25) is 0 Å². The average Bonchev–Trinajstić information content (AvgIpc) is 2.27. The zero-order chi connectivity index (χ0) is 12.0. The van der Waals surface area contributed by atoms with Crippen molar-refractivity contribution in [3.05, 3.63) is 24.3 Å². The Morgan fingerprint density at radius 2 is 2.12 bits per heavy atom. The van der Waals surface area contributed by atoms with Gasteiger partial charge >= 0.3 is 0 Å². The maximum Gasteiger partial charge on any atom is 0.226 e. The summed E-state index contributed by atoms with van der Waals surface area (Å²) >= 11 is 0. The van der Waals surface area contributed by atoms with E-state index in [2.05, 4.69) is 5.32 Å². The van der Waals surface area contributed by atoms with E-state index >= 15 is 0 Å². The van der Waals surface area contributed by atoms with Crippen molar-refractivity contribution in [3.8, 4) is 0 Å². The minimum atomic E-state index is -1.11. The molecule has 0 saturated carbocycles. The van der Waals surface area contributed by atoms with Crippen molar-refractivity contribution in [2.75, 3.05) is 25.3 Å². The van der Waals surface area contributed by atoms with Gasteiger partial charge in [0.2, 0.25) is 5.91 Å². The molecule has 0 saturated heterocycles.